The van der Waals surface area contributed by atoms with E-state index in [1.165, 1.54) is 43.4 Å². The third-order valence-electron chi connectivity index (χ3n) is 3.60. The second-order valence-electron chi connectivity index (χ2n) is 5.68. The fraction of sp³-hybridized carbons (Fsp3) is 0.933. The number of hydrogen-bond donors (Lipinski definition) is 1. The van der Waals surface area contributed by atoms with Gasteiger partial charge in [0.15, 0.2) is 0 Å². The molecular weight excluding hydrogens is 313 g/mol. The number of carbonyl (C=O) groups excluding carboxylic acids is 1. The van der Waals surface area contributed by atoms with Gasteiger partial charge in [-0.05, 0) is 6.42 Å². The second-order valence-corrected chi connectivity index (χ2v) is 7.25. The molecule has 0 rings (SSSR count). The maximum atomic E-state index is 11.7. The average Bonchev–Trinajstić information content (AvgIpc) is 2.41. The maximum absolute atomic E-state index is 11.7. The van der Waals surface area contributed by atoms with Gasteiger partial charge in [-0.2, -0.15) is 8.42 Å². The summed E-state index contributed by atoms with van der Waals surface area (Å²) in [7, 11) is -2.42. The Kier molecular flexibility index (Phi) is 16.7. The van der Waals surface area contributed by atoms with Crippen molar-refractivity contribution < 1.29 is 48.7 Å². The molecule has 0 spiro atoms. The van der Waals surface area contributed by atoms with Crippen molar-refractivity contribution >= 4 is 16.0 Å². The van der Waals surface area contributed by atoms with Crippen molar-refractivity contribution in [2.75, 3.05) is 19.3 Å². The van der Waals surface area contributed by atoms with Crippen molar-refractivity contribution in [1.82, 2.24) is 4.90 Å². The molecule has 1 amide bonds. The number of nitrogens with zero attached hydrogens (tertiary/aromatic N) is 1. The largest absolute Gasteiger partial charge is 1.00 e. The van der Waals surface area contributed by atoms with E-state index in [1.807, 2.05) is 0 Å². The molecule has 0 aromatic rings. The fourth-order valence-electron chi connectivity index (χ4n) is 2.15. The van der Waals surface area contributed by atoms with Gasteiger partial charge >= 0.3 is 29.6 Å². The van der Waals surface area contributed by atoms with Gasteiger partial charge in [0, 0.05) is 20.0 Å². The van der Waals surface area contributed by atoms with Crippen LogP contribution in [-0.2, 0) is 14.9 Å². The molecule has 0 fully saturated rings. The van der Waals surface area contributed by atoms with Crippen LogP contribution in [0.5, 0.6) is 0 Å². The molecule has 0 aliphatic heterocycles. The summed E-state index contributed by atoms with van der Waals surface area (Å²) in [5.74, 6) is -0.450. The quantitative estimate of drug-likeness (QED) is 0.297. The molecular formula is C15H32NNaO4S. The molecule has 0 saturated heterocycles. The summed E-state index contributed by atoms with van der Waals surface area (Å²) < 4.78 is 29.8. The van der Waals surface area contributed by atoms with Gasteiger partial charge in [0.1, 0.15) is 0 Å². The molecule has 0 aromatic heterocycles. The number of rotatable bonds is 13. The molecule has 0 aliphatic carbocycles. The van der Waals surface area contributed by atoms with Gasteiger partial charge in [-0.25, -0.2) is 0 Å². The van der Waals surface area contributed by atoms with Crippen LogP contribution in [0.2, 0.25) is 0 Å². The van der Waals surface area contributed by atoms with Gasteiger partial charge in [0.05, 0.1) is 5.75 Å². The average molecular weight is 345 g/mol. The normalized spacial score (nSPS) is 11.0. The smallest absolute Gasteiger partial charge is 1.00 e. The zero-order valence-corrected chi connectivity index (χ0v) is 17.3. The zero-order valence-electron chi connectivity index (χ0n) is 15.5. The summed E-state index contributed by atoms with van der Waals surface area (Å²) in [4.78, 5) is 13.1. The Hall–Kier alpha value is 0.380. The number of hydrogen-bond acceptors (Lipinski definition) is 3. The minimum absolute atomic E-state index is 0. The van der Waals surface area contributed by atoms with Gasteiger partial charge in [-0.15, -0.1) is 0 Å². The Morgan fingerprint density at radius 1 is 1.00 bits per heavy atom. The van der Waals surface area contributed by atoms with Crippen LogP contribution in [0.1, 0.15) is 72.6 Å². The van der Waals surface area contributed by atoms with Crippen LogP contribution in [0.15, 0.2) is 0 Å². The second kappa shape index (κ2) is 14.9. The molecule has 0 radical (unpaired) electrons. The fourth-order valence-corrected chi connectivity index (χ4v) is 2.66. The van der Waals surface area contributed by atoms with E-state index in [2.05, 4.69) is 6.92 Å². The summed E-state index contributed by atoms with van der Waals surface area (Å²) in [6.45, 7) is 2.26. The predicted molar refractivity (Wildman–Crippen MR) is 87.0 cm³/mol. The van der Waals surface area contributed by atoms with Crippen LogP contribution >= 0.6 is 0 Å². The third-order valence-corrected chi connectivity index (χ3v) is 4.30. The number of unbranched alkanes of at least 4 members (excludes halogenated alkanes) is 8. The van der Waals surface area contributed by atoms with E-state index in [9.17, 15) is 13.2 Å². The molecule has 0 unspecified atom stereocenters. The van der Waals surface area contributed by atoms with Gasteiger partial charge in [0.25, 0.3) is 10.1 Å². The van der Waals surface area contributed by atoms with Crippen LogP contribution < -0.4 is 29.6 Å². The van der Waals surface area contributed by atoms with Crippen molar-refractivity contribution in [3.05, 3.63) is 0 Å². The SMILES string of the molecule is CCCCCCCCCCCC(=O)N(C)CCS(=O)(=O)O.[H-].[Na+]. The molecule has 22 heavy (non-hydrogen) atoms. The molecule has 0 atom stereocenters. The number of amides is 1. The Balaban J connectivity index is -0.00000200. The summed E-state index contributed by atoms with van der Waals surface area (Å²) in [5.41, 5.74) is 0. The summed E-state index contributed by atoms with van der Waals surface area (Å²) >= 11 is 0. The van der Waals surface area contributed by atoms with E-state index < -0.39 is 15.9 Å². The van der Waals surface area contributed by atoms with E-state index >= 15 is 0 Å². The first kappa shape index (κ1) is 24.6. The first-order chi connectivity index (χ1) is 9.87. The van der Waals surface area contributed by atoms with Crippen molar-refractivity contribution in [2.45, 2.75) is 71.1 Å². The predicted octanol–water partition coefficient (Wildman–Crippen LogP) is 0.370. The van der Waals surface area contributed by atoms with Gasteiger partial charge < -0.3 is 6.33 Å². The van der Waals surface area contributed by atoms with Crippen molar-refractivity contribution in [1.29, 1.82) is 0 Å². The topological polar surface area (TPSA) is 74.7 Å². The van der Waals surface area contributed by atoms with Crippen LogP contribution in [0.4, 0.5) is 0 Å². The van der Waals surface area contributed by atoms with Crippen LogP contribution in [0.3, 0.4) is 0 Å². The van der Waals surface area contributed by atoms with Crippen molar-refractivity contribution in [3.8, 4) is 0 Å². The van der Waals surface area contributed by atoms with E-state index in [4.69, 9.17) is 4.55 Å². The van der Waals surface area contributed by atoms with Crippen molar-refractivity contribution in [2.24, 2.45) is 0 Å². The van der Waals surface area contributed by atoms with E-state index in [1.54, 1.807) is 7.05 Å². The third kappa shape index (κ3) is 16.7. The van der Waals surface area contributed by atoms with Crippen LogP contribution in [0, 0.1) is 0 Å². The van der Waals surface area contributed by atoms with Crippen LogP contribution in [0.25, 0.3) is 0 Å². The molecule has 0 bridgehead atoms. The standard InChI is InChI=1S/C15H31NO4S.Na.H/c1-3-4-5-6-7-8-9-10-11-12-15(17)16(2)13-14-21(18,19)20;;/h3-14H2,1-2H3,(H,18,19,20);;/q;+1;-1. The minimum atomic E-state index is -3.99. The summed E-state index contributed by atoms with van der Waals surface area (Å²) in [6, 6.07) is 0. The monoisotopic (exact) mass is 345 g/mol. The zero-order chi connectivity index (χ0) is 16.1. The molecule has 128 valence electrons. The van der Waals surface area contributed by atoms with E-state index in [-0.39, 0.29) is 43.4 Å². The first-order valence-corrected chi connectivity index (χ1v) is 9.67. The van der Waals surface area contributed by atoms with E-state index in [0.29, 0.717) is 6.42 Å². The van der Waals surface area contributed by atoms with Gasteiger partial charge in [0.2, 0.25) is 5.91 Å². The summed E-state index contributed by atoms with van der Waals surface area (Å²) in [5, 5.41) is 0. The Bertz CT molecular complexity index is 380. The molecule has 0 aromatic carbocycles. The Labute approximate surface area is 159 Å². The first-order valence-electron chi connectivity index (χ1n) is 8.06. The van der Waals surface area contributed by atoms with E-state index in [0.717, 1.165) is 19.3 Å². The molecule has 5 nitrogen and oxygen atoms in total. The van der Waals surface area contributed by atoms with Crippen LogP contribution in [-0.4, -0.2) is 43.1 Å². The Morgan fingerprint density at radius 3 is 1.91 bits per heavy atom. The molecule has 1 N–H and O–H groups in total. The molecule has 0 aliphatic rings. The Morgan fingerprint density at radius 2 is 1.45 bits per heavy atom. The van der Waals surface area contributed by atoms with Gasteiger partial charge in [-0.3, -0.25) is 9.35 Å². The summed E-state index contributed by atoms with van der Waals surface area (Å²) in [6.07, 6.45) is 11.3. The number of carbonyl (C=O) groups is 1. The maximum Gasteiger partial charge on any atom is 1.00 e. The molecule has 7 heteroatoms. The minimum Gasteiger partial charge on any atom is -1.00 e. The van der Waals surface area contributed by atoms with Gasteiger partial charge in [-0.1, -0.05) is 58.3 Å². The van der Waals surface area contributed by atoms with Crippen molar-refractivity contribution in [3.63, 3.8) is 0 Å². The molecule has 0 saturated carbocycles. The molecule has 0 heterocycles.